The fraction of sp³-hybridized carbons (Fsp3) is 0.450. The summed E-state index contributed by atoms with van der Waals surface area (Å²) in [6.07, 6.45) is 6.46. The standard InChI is InChI=1S/C20H26N4O/c1-4-16-7-5-6-15(3)18(16)23-19(25)17-12-21-20(22-13-17)24-10-8-14(2)9-11-24/h5-7,12-14H,4,8-11H2,1-3H3,(H,23,25). The van der Waals surface area contributed by atoms with Crippen molar-refractivity contribution < 1.29 is 4.79 Å². The predicted octanol–water partition coefficient (Wildman–Crippen LogP) is 3.84. The van der Waals surface area contributed by atoms with Crippen molar-refractivity contribution in [3.8, 4) is 0 Å². The largest absolute Gasteiger partial charge is 0.341 e. The molecule has 0 spiro atoms. The Morgan fingerprint density at radius 3 is 2.56 bits per heavy atom. The fourth-order valence-corrected chi connectivity index (χ4v) is 3.20. The smallest absolute Gasteiger partial charge is 0.258 e. The van der Waals surface area contributed by atoms with Gasteiger partial charge in [0.15, 0.2) is 0 Å². The third-order valence-corrected chi connectivity index (χ3v) is 4.95. The Bertz CT molecular complexity index is 734. The van der Waals surface area contributed by atoms with E-state index in [1.807, 2.05) is 25.1 Å². The van der Waals surface area contributed by atoms with E-state index in [1.165, 1.54) is 12.8 Å². The zero-order valence-corrected chi connectivity index (χ0v) is 15.2. The quantitative estimate of drug-likeness (QED) is 0.920. The molecule has 2 aromatic rings. The van der Waals surface area contributed by atoms with Crippen molar-refractivity contribution in [3.63, 3.8) is 0 Å². The van der Waals surface area contributed by atoms with E-state index in [2.05, 4.69) is 34.0 Å². The van der Waals surface area contributed by atoms with Crippen molar-refractivity contribution in [1.29, 1.82) is 0 Å². The Kier molecular flexibility index (Phi) is 5.31. The van der Waals surface area contributed by atoms with Crippen molar-refractivity contribution in [2.24, 2.45) is 5.92 Å². The first kappa shape index (κ1) is 17.4. The van der Waals surface area contributed by atoms with Crippen LogP contribution in [0.25, 0.3) is 0 Å². The van der Waals surface area contributed by atoms with Gasteiger partial charge >= 0.3 is 0 Å². The number of aromatic nitrogens is 2. The fourth-order valence-electron chi connectivity index (χ4n) is 3.20. The lowest BCUT2D eigenvalue weighted by Crippen LogP contribution is -2.34. The minimum Gasteiger partial charge on any atom is -0.341 e. The van der Waals surface area contributed by atoms with Gasteiger partial charge in [-0.25, -0.2) is 9.97 Å². The predicted molar refractivity (Wildman–Crippen MR) is 101 cm³/mol. The lowest BCUT2D eigenvalue weighted by molar-refractivity contribution is 0.102. The first-order valence-corrected chi connectivity index (χ1v) is 9.05. The molecular weight excluding hydrogens is 312 g/mol. The molecule has 1 aliphatic heterocycles. The normalized spacial score (nSPS) is 15.2. The van der Waals surface area contributed by atoms with Crippen LogP contribution in [0, 0.1) is 12.8 Å². The number of benzene rings is 1. The molecule has 1 aromatic carbocycles. The van der Waals surface area contributed by atoms with Crippen molar-refractivity contribution in [2.75, 3.05) is 23.3 Å². The SMILES string of the molecule is CCc1cccc(C)c1NC(=O)c1cnc(N2CCC(C)CC2)nc1. The maximum atomic E-state index is 12.6. The molecule has 2 heterocycles. The van der Waals surface area contributed by atoms with Gasteiger partial charge in [-0.1, -0.05) is 32.0 Å². The van der Waals surface area contributed by atoms with Crippen molar-refractivity contribution >= 4 is 17.5 Å². The minimum absolute atomic E-state index is 0.164. The molecule has 0 saturated carbocycles. The first-order valence-electron chi connectivity index (χ1n) is 9.05. The van der Waals surface area contributed by atoms with Gasteiger partial charge < -0.3 is 10.2 Å². The molecule has 3 rings (SSSR count). The number of piperidine rings is 1. The van der Waals surface area contributed by atoms with Crippen LogP contribution >= 0.6 is 0 Å². The number of aryl methyl sites for hydroxylation is 2. The molecule has 0 unspecified atom stereocenters. The number of nitrogens with zero attached hydrogens (tertiary/aromatic N) is 3. The van der Waals surface area contributed by atoms with E-state index >= 15 is 0 Å². The summed E-state index contributed by atoms with van der Waals surface area (Å²) in [6, 6.07) is 6.06. The third-order valence-electron chi connectivity index (χ3n) is 4.95. The Morgan fingerprint density at radius 1 is 1.24 bits per heavy atom. The zero-order valence-electron chi connectivity index (χ0n) is 15.2. The van der Waals surface area contributed by atoms with Gasteiger partial charge in [-0.3, -0.25) is 4.79 Å². The van der Waals surface area contributed by atoms with Crippen molar-refractivity contribution in [1.82, 2.24) is 9.97 Å². The molecule has 1 aliphatic rings. The molecule has 1 N–H and O–H groups in total. The topological polar surface area (TPSA) is 58.1 Å². The number of carbonyl (C=O) groups excluding carboxylic acids is 1. The maximum Gasteiger partial charge on any atom is 0.258 e. The number of rotatable bonds is 4. The third kappa shape index (κ3) is 3.98. The minimum atomic E-state index is -0.164. The van der Waals surface area contributed by atoms with Crippen LogP contribution in [0.15, 0.2) is 30.6 Å². The lowest BCUT2D eigenvalue weighted by atomic mass is 10.00. The Labute approximate surface area is 149 Å². The average Bonchev–Trinajstić information content (AvgIpc) is 2.64. The molecule has 0 aliphatic carbocycles. The second kappa shape index (κ2) is 7.64. The van der Waals surface area contributed by atoms with Crippen LogP contribution in [-0.2, 0) is 6.42 Å². The highest BCUT2D eigenvalue weighted by atomic mass is 16.1. The summed E-state index contributed by atoms with van der Waals surface area (Å²) in [5.41, 5.74) is 3.57. The van der Waals surface area contributed by atoms with E-state index in [0.717, 1.165) is 42.2 Å². The summed E-state index contributed by atoms with van der Waals surface area (Å²) in [5, 5.41) is 3.02. The summed E-state index contributed by atoms with van der Waals surface area (Å²) >= 11 is 0. The first-order chi connectivity index (χ1) is 12.1. The average molecular weight is 338 g/mol. The van der Waals surface area contributed by atoms with Crippen LogP contribution in [0.2, 0.25) is 0 Å². The molecule has 1 fully saturated rings. The van der Waals surface area contributed by atoms with Gasteiger partial charge in [0.25, 0.3) is 5.91 Å². The van der Waals surface area contributed by atoms with Gasteiger partial charge in [0.2, 0.25) is 5.95 Å². The number of carbonyl (C=O) groups is 1. The molecule has 132 valence electrons. The number of anilines is 2. The Hall–Kier alpha value is -2.43. The van der Waals surface area contributed by atoms with Crippen LogP contribution in [-0.4, -0.2) is 29.0 Å². The Morgan fingerprint density at radius 2 is 1.92 bits per heavy atom. The molecule has 25 heavy (non-hydrogen) atoms. The van der Waals surface area contributed by atoms with E-state index in [4.69, 9.17) is 0 Å². The van der Waals surface area contributed by atoms with Crippen LogP contribution < -0.4 is 10.2 Å². The summed E-state index contributed by atoms with van der Waals surface area (Å²) < 4.78 is 0. The van der Waals surface area contributed by atoms with Gasteiger partial charge in [0.05, 0.1) is 5.56 Å². The monoisotopic (exact) mass is 338 g/mol. The number of amides is 1. The van der Waals surface area contributed by atoms with Crippen molar-refractivity contribution in [2.45, 2.75) is 40.0 Å². The van der Waals surface area contributed by atoms with Crippen LogP contribution in [0.4, 0.5) is 11.6 Å². The van der Waals surface area contributed by atoms with Gasteiger partial charge in [0.1, 0.15) is 0 Å². The second-order valence-corrected chi connectivity index (χ2v) is 6.86. The highest BCUT2D eigenvalue weighted by Gasteiger charge is 2.18. The molecule has 1 aromatic heterocycles. The van der Waals surface area contributed by atoms with E-state index in [0.29, 0.717) is 11.5 Å². The summed E-state index contributed by atoms with van der Waals surface area (Å²) in [4.78, 5) is 23.6. The lowest BCUT2D eigenvalue weighted by Gasteiger charge is -2.30. The van der Waals surface area contributed by atoms with Crippen LogP contribution in [0.1, 0.15) is 48.2 Å². The summed E-state index contributed by atoms with van der Waals surface area (Å²) in [6.45, 7) is 8.33. The maximum absolute atomic E-state index is 12.6. The highest BCUT2D eigenvalue weighted by molar-refractivity contribution is 6.04. The molecular formula is C20H26N4O. The Balaban J connectivity index is 1.71. The zero-order chi connectivity index (χ0) is 17.8. The molecule has 0 bridgehead atoms. The van der Waals surface area contributed by atoms with Gasteiger partial charge in [-0.05, 0) is 43.2 Å². The second-order valence-electron chi connectivity index (χ2n) is 6.86. The molecule has 1 saturated heterocycles. The van der Waals surface area contributed by atoms with Gasteiger partial charge in [-0.15, -0.1) is 0 Å². The molecule has 5 heteroatoms. The van der Waals surface area contributed by atoms with E-state index < -0.39 is 0 Å². The number of para-hydroxylation sites is 1. The molecule has 0 atom stereocenters. The molecule has 1 amide bonds. The van der Waals surface area contributed by atoms with E-state index in [-0.39, 0.29) is 5.91 Å². The summed E-state index contributed by atoms with van der Waals surface area (Å²) in [5.74, 6) is 1.32. The van der Waals surface area contributed by atoms with E-state index in [1.54, 1.807) is 12.4 Å². The van der Waals surface area contributed by atoms with Crippen molar-refractivity contribution in [3.05, 3.63) is 47.3 Å². The van der Waals surface area contributed by atoms with Gasteiger partial charge in [-0.2, -0.15) is 0 Å². The molecule has 0 radical (unpaired) electrons. The number of hydrogen-bond acceptors (Lipinski definition) is 4. The highest BCUT2D eigenvalue weighted by Crippen LogP contribution is 2.22. The number of nitrogens with one attached hydrogen (secondary N) is 1. The molecule has 5 nitrogen and oxygen atoms in total. The van der Waals surface area contributed by atoms with Gasteiger partial charge in [0, 0.05) is 31.2 Å². The summed E-state index contributed by atoms with van der Waals surface area (Å²) in [7, 11) is 0. The van der Waals surface area contributed by atoms with E-state index in [9.17, 15) is 4.79 Å². The van der Waals surface area contributed by atoms with Crippen LogP contribution in [0.3, 0.4) is 0 Å². The van der Waals surface area contributed by atoms with Crippen LogP contribution in [0.5, 0.6) is 0 Å². The number of hydrogen-bond donors (Lipinski definition) is 1.